The Hall–Kier alpha value is -2.51. The first-order valence-corrected chi connectivity index (χ1v) is 10.4. The van der Waals surface area contributed by atoms with Crippen molar-refractivity contribution in [1.29, 1.82) is 0 Å². The average molecular weight is 396 g/mol. The van der Waals surface area contributed by atoms with Gasteiger partial charge in [0.2, 0.25) is 5.91 Å². The maximum absolute atomic E-state index is 11.6. The number of benzene rings is 1. The SMILES string of the molecule is CN(C)Cc1nc(N2CCC(C(N)=O)CC2)c2c(-c3ccccc3)csc2n1. The zero-order chi connectivity index (χ0) is 19.7. The van der Waals surface area contributed by atoms with E-state index >= 15 is 0 Å². The first kappa shape index (κ1) is 18.8. The number of rotatable bonds is 5. The van der Waals surface area contributed by atoms with E-state index < -0.39 is 0 Å². The number of amides is 1. The van der Waals surface area contributed by atoms with Crippen LogP contribution in [0.5, 0.6) is 0 Å². The molecule has 6 nitrogen and oxygen atoms in total. The summed E-state index contributed by atoms with van der Waals surface area (Å²) in [6.07, 6.45) is 1.54. The highest BCUT2D eigenvalue weighted by atomic mass is 32.1. The van der Waals surface area contributed by atoms with E-state index in [1.807, 2.05) is 20.2 Å². The van der Waals surface area contributed by atoms with Crippen molar-refractivity contribution in [1.82, 2.24) is 14.9 Å². The van der Waals surface area contributed by atoms with Crippen LogP contribution in [0.4, 0.5) is 5.82 Å². The molecule has 0 spiro atoms. The monoisotopic (exact) mass is 395 g/mol. The van der Waals surface area contributed by atoms with E-state index in [1.165, 1.54) is 11.1 Å². The first-order chi connectivity index (χ1) is 13.5. The summed E-state index contributed by atoms with van der Waals surface area (Å²) in [6.45, 7) is 2.26. The molecule has 1 fully saturated rings. The Bertz CT molecular complexity index is 977. The predicted molar refractivity (Wildman–Crippen MR) is 114 cm³/mol. The highest BCUT2D eigenvalue weighted by Crippen LogP contribution is 2.39. The lowest BCUT2D eigenvalue weighted by Crippen LogP contribution is -2.39. The first-order valence-electron chi connectivity index (χ1n) is 9.55. The van der Waals surface area contributed by atoms with Crippen molar-refractivity contribution in [3.05, 3.63) is 41.5 Å². The minimum absolute atomic E-state index is 0.0362. The number of hydrogen-bond donors (Lipinski definition) is 1. The zero-order valence-electron chi connectivity index (χ0n) is 16.3. The van der Waals surface area contributed by atoms with Gasteiger partial charge < -0.3 is 15.5 Å². The molecule has 0 unspecified atom stereocenters. The average Bonchev–Trinajstić information content (AvgIpc) is 3.11. The van der Waals surface area contributed by atoms with Crippen LogP contribution in [0.1, 0.15) is 18.7 Å². The summed E-state index contributed by atoms with van der Waals surface area (Å²) in [5.41, 5.74) is 7.86. The molecule has 3 heterocycles. The fourth-order valence-corrected chi connectivity index (χ4v) is 4.72. The van der Waals surface area contributed by atoms with Crippen LogP contribution in [0.25, 0.3) is 21.3 Å². The highest BCUT2D eigenvalue weighted by Gasteiger charge is 2.27. The lowest BCUT2D eigenvalue weighted by Gasteiger charge is -2.32. The molecule has 7 heteroatoms. The molecule has 0 bridgehead atoms. The summed E-state index contributed by atoms with van der Waals surface area (Å²) < 4.78 is 0. The van der Waals surface area contributed by atoms with Gasteiger partial charge in [0.15, 0.2) is 0 Å². The lowest BCUT2D eigenvalue weighted by molar-refractivity contribution is -0.122. The molecule has 2 aromatic heterocycles. The zero-order valence-corrected chi connectivity index (χ0v) is 17.1. The van der Waals surface area contributed by atoms with Gasteiger partial charge in [-0.15, -0.1) is 11.3 Å². The summed E-state index contributed by atoms with van der Waals surface area (Å²) in [7, 11) is 4.05. The second-order valence-corrected chi connectivity index (χ2v) is 8.42. The van der Waals surface area contributed by atoms with Crippen molar-refractivity contribution in [2.45, 2.75) is 19.4 Å². The third-order valence-electron chi connectivity index (χ3n) is 5.20. The van der Waals surface area contributed by atoms with Gasteiger partial charge >= 0.3 is 0 Å². The molecule has 0 aliphatic carbocycles. The van der Waals surface area contributed by atoms with E-state index in [2.05, 4.69) is 39.4 Å². The number of carbonyl (C=O) groups is 1. The van der Waals surface area contributed by atoms with Crippen LogP contribution >= 0.6 is 11.3 Å². The van der Waals surface area contributed by atoms with E-state index in [0.29, 0.717) is 6.54 Å². The van der Waals surface area contributed by atoms with Crippen LogP contribution in [0, 0.1) is 5.92 Å². The number of carbonyl (C=O) groups excluding carboxylic acids is 1. The molecule has 0 atom stereocenters. The highest BCUT2D eigenvalue weighted by molar-refractivity contribution is 7.17. The molecule has 2 N–H and O–H groups in total. The van der Waals surface area contributed by atoms with Gasteiger partial charge in [0.1, 0.15) is 16.5 Å². The van der Waals surface area contributed by atoms with Gasteiger partial charge in [-0.25, -0.2) is 9.97 Å². The number of aromatic nitrogens is 2. The van der Waals surface area contributed by atoms with Crippen LogP contribution in [0.15, 0.2) is 35.7 Å². The van der Waals surface area contributed by atoms with Crippen molar-refractivity contribution in [3.63, 3.8) is 0 Å². The van der Waals surface area contributed by atoms with Crippen molar-refractivity contribution in [2.75, 3.05) is 32.1 Å². The Labute approximate surface area is 169 Å². The van der Waals surface area contributed by atoms with Gasteiger partial charge in [0, 0.05) is 30.0 Å². The molecule has 1 aliphatic heterocycles. The van der Waals surface area contributed by atoms with Crippen LogP contribution in [-0.4, -0.2) is 48.0 Å². The van der Waals surface area contributed by atoms with Gasteiger partial charge in [-0.2, -0.15) is 0 Å². The number of thiophene rings is 1. The van der Waals surface area contributed by atoms with Gasteiger partial charge in [-0.3, -0.25) is 4.79 Å². The Morgan fingerprint density at radius 3 is 2.57 bits per heavy atom. The minimum Gasteiger partial charge on any atom is -0.369 e. The molecule has 1 aromatic carbocycles. The quantitative estimate of drug-likeness (QED) is 0.718. The third kappa shape index (κ3) is 3.72. The Morgan fingerprint density at radius 2 is 1.93 bits per heavy atom. The molecular weight excluding hydrogens is 370 g/mol. The smallest absolute Gasteiger partial charge is 0.220 e. The Kier molecular flexibility index (Phi) is 5.28. The molecule has 0 saturated carbocycles. The van der Waals surface area contributed by atoms with Crippen molar-refractivity contribution in [2.24, 2.45) is 11.7 Å². The number of anilines is 1. The molecule has 4 rings (SSSR count). The second-order valence-electron chi connectivity index (χ2n) is 7.56. The van der Waals surface area contributed by atoms with Crippen LogP contribution in [0.3, 0.4) is 0 Å². The molecule has 1 amide bonds. The van der Waals surface area contributed by atoms with Gasteiger partial charge in [-0.1, -0.05) is 30.3 Å². The van der Waals surface area contributed by atoms with Crippen molar-refractivity contribution >= 4 is 33.3 Å². The number of hydrogen-bond acceptors (Lipinski definition) is 6. The number of primary amides is 1. The lowest BCUT2D eigenvalue weighted by atomic mass is 9.96. The van der Waals surface area contributed by atoms with E-state index in [9.17, 15) is 4.79 Å². The predicted octanol–water partition coefficient (Wildman–Crippen LogP) is 3.12. The van der Waals surface area contributed by atoms with Crippen LogP contribution < -0.4 is 10.6 Å². The summed E-state index contributed by atoms with van der Waals surface area (Å²) in [5.74, 6) is 1.57. The maximum Gasteiger partial charge on any atom is 0.220 e. The topological polar surface area (TPSA) is 75.3 Å². The second kappa shape index (κ2) is 7.85. The number of piperidine rings is 1. The molecule has 28 heavy (non-hydrogen) atoms. The summed E-state index contributed by atoms with van der Waals surface area (Å²) in [6, 6.07) is 10.4. The molecule has 3 aromatic rings. The van der Waals surface area contributed by atoms with Crippen LogP contribution in [-0.2, 0) is 11.3 Å². The van der Waals surface area contributed by atoms with E-state index in [0.717, 1.165) is 47.8 Å². The Balaban J connectivity index is 1.79. The fourth-order valence-electron chi connectivity index (χ4n) is 3.75. The molecule has 0 radical (unpaired) electrons. The number of fused-ring (bicyclic) bond motifs is 1. The molecule has 1 saturated heterocycles. The largest absolute Gasteiger partial charge is 0.369 e. The number of nitrogens with zero attached hydrogens (tertiary/aromatic N) is 4. The number of nitrogens with two attached hydrogens (primary N) is 1. The molecule has 146 valence electrons. The van der Waals surface area contributed by atoms with Gasteiger partial charge in [-0.05, 0) is 32.5 Å². The summed E-state index contributed by atoms with van der Waals surface area (Å²) >= 11 is 1.66. The summed E-state index contributed by atoms with van der Waals surface area (Å²) in [5, 5.41) is 3.28. The minimum atomic E-state index is -0.193. The molecule has 1 aliphatic rings. The normalized spacial score (nSPS) is 15.5. The van der Waals surface area contributed by atoms with Crippen LogP contribution in [0.2, 0.25) is 0 Å². The maximum atomic E-state index is 11.6. The summed E-state index contributed by atoms with van der Waals surface area (Å²) in [4.78, 5) is 26.7. The van der Waals surface area contributed by atoms with Gasteiger partial charge in [0.05, 0.1) is 11.9 Å². The third-order valence-corrected chi connectivity index (χ3v) is 6.07. The standard InChI is InChI=1S/C21H25N5OS/c1-25(2)12-17-23-20(26-10-8-15(9-11-26)19(22)27)18-16(13-28-21(18)24-17)14-6-4-3-5-7-14/h3-7,13,15H,8-12H2,1-2H3,(H2,22,27). The van der Waals surface area contributed by atoms with E-state index in [-0.39, 0.29) is 11.8 Å². The molecular formula is C21H25N5OS. The van der Waals surface area contributed by atoms with Crippen molar-refractivity contribution in [3.8, 4) is 11.1 Å². The fraction of sp³-hybridized carbons (Fsp3) is 0.381. The van der Waals surface area contributed by atoms with Crippen molar-refractivity contribution < 1.29 is 4.79 Å². The van der Waals surface area contributed by atoms with E-state index in [4.69, 9.17) is 15.7 Å². The Morgan fingerprint density at radius 1 is 1.21 bits per heavy atom. The van der Waals surface area contributed by atoms with Gasteiger partial charge in [0.25, 0.3) is 0 Å². The van der Waals surface area contributed by atoms with E-state index in [1.54, 1.807) is 11.3 Å².